The summed E-state index contributed by atoms with van der Waals surface area (Å²) in [5.41, 5.74) is 0.521. The SMILES string of the molecule is O=C(Cn1nc2n(c1=O)CCCCC2)NCCNc1ccc([N+](=O)[O-])cc1. The van der Waals surface area contributed by atoms with Gasteiger partial charge in [0.25, 0.3) is 5.69 Å². The van der Waals surface area contributed by atoms with Crippen molar-refractivity contribution in [2.24, 2.45) is 0 Å². The normalized spacial score (nSPS) is 13.5. The van der Waals surface area contributed by atoms with Gasteiger partial charge in [0.2, 0.25) is 5.91 Å². The monoisotopic (exact) mass is 374 g/mol. The number of fused-ring (bicyclic) bond motifs is 1. The van der Waals surface area contributed by atoms with Crippen molar-refractivity contribution in [2.75, 3.05) is 18.4 Å². The summed E-state index contributed by atoms with van der Waals surface area (Å²) in [6.45, 7) is 1.38. The maximum atomic E-state index is 12.3. The van der Waals surface area contributed by atoms with Crippen molar-refractivity contribution in [3.05, 3.63) is 50.7 Å². The Bertz CT molecular complexity index is 871. The van der Waals surface area contributed by atoms with Crippen LogP contribution in [0, 0.1) is 10.1 Å². The number of nitro benzene ring substituents is 1. The van der Waals surface area contributed by atoms with Gasteiger partial charge in [-0.15, -0.1) is 0 Å². The highest BCUT2D eigenvalue weighted by atomic mass is 16.6. The molecule has 1 aliphatic rings. The number of amides is 1. The molecule has 2 heterocycles. The quantitative estimate of drug-likeness (QED) is 0.422. The topological polar surface area (TPSA) is 124 Å². The van der Waals surface area contributed by atoms with Gasteiger partial charge in [0.15, 0.2) is 0 Å². The third-order valence-electron chi connectivity index (χ3n) is 4.43. The van der Waals surface area contributed by atoms with E-state index in [-0.39, 0.29) is 23.8 Å². The van der Waals surface area contributed by atoms with Gasteiger partial charge in [-0.1, -0.05) is 6.42 Å². The van der Waals surface area contributed by atoms with Crippen LogP contribution in [-0.4, -0.2) is 38.3 Å². The molecule has 2 N–H and O–H groups in total. The fourth-order valence-corrected chi connectivity index (χ4v) is 3.03. The van der Waals surface area contributed by atoms with Crippen LogP contribution in [-0.2, 0) is 24.3 Å². The summed E-state index contributed by atoms with van der Waals surface area (Å²) in [4.78, 5) is 34.5. The zero-order chi connectivity index (χ0) is 19.2. The average Bonchev–Trinajstić information content (AvgIpc) is 2.82. The lowest BCUT2D eigenvalue weighted by Crippen LogP contribution is -2.35. The van der Waals surface area contributed by atoms with Gasteiger partial charge in [-0.2, -0.15) is 5.10 Å². The fourth-order valence-electron chi connectivity index (χ4n) is 3.03. The third-order valence-corrected chi connectivity index (χ3v) is 4.43. The van der Waals surface area contributed by atoms with Gasteiger partial charge in [0, 0.05) is 43.9 Å². The fraction of sp³-hybridized carbons (Fsp3) is 0.471. The molecule has 3 rings (SSSR count). The van der Waals surface area contributed by atoms with E-state index in [1.165, 1.54) is 16.8 Å². The second kappa shape index (κ2) is 8.47. The lowest BCUT2D eigenvalue weighted by molar-refractivity contribution is -0.384. The van der Waals surface area contributed by atoms with Crippen LogP contribution < -0.4 is 16.3 Å². The molecule has 0 aliphatic carbocycles. The number of hydrogen-bond donors (Lipinski definition) is 2. The van der Waals surface area contributed by atoms with Crippen LogP contribution in [0.1, 0.15) is 25.1 Å². The predicted molar refractivity (Wildman–Crippen MR) is 98.6 cm³/mol. The van der Waals surface area contributed by atoms with Crippen LogP contribution in [0.15, 0.2) is 29.1 Å². The number of benzene rings is 1. The molecular weight excluding hydrogens is 352 g/mol. The van der Waals surface area contributed by atoms with E-state index < -0.39 is 4.92 Å². The Labute approximate surface area is 155 Å². The van der Waals surface area contributed by atoms with Crippen molar-refractivity contribution in [3.63, 3.8) is 0 Å². The van der Waals surface area contributed by atoms with E-state index in [1.807, 2.05) is 0 Å². The average molecular weight is 374 g/mol. The number of nitrogens with zero attached hydrogens (tertiary/aromatic N) is 4. The Morgan fingerprint density at radius 1 is 1.19 bits per heavy atom. The number of non-ortho nitro benzene ring substituents is 1. The largest absolute Gasteiger partial charge is 0.383 e. The minimum absolute atomic E-state index is 0.0257. The zero-order valence-corrected chi connectivity index (χ0v) is 14.9. The van der Waals surface area contributed by atoms with Gasteiger partial charge in [-0.3, -0.25) is 19.5 Å². The van der Waals surface area contributed by atoms with Crippen molar-refractivity contribution in [1.82, 2.24) is 19.7 Å². The smallest absolute Gasteiger partial charge is 0.346 e. The summed E-state index contributed by atoms with van der Waals surface area (Å²) in [6, 6.07) is 6.04. The first-order valence-electron chi connectivity index (χ1n) is 8.96. The van der Waals surface area contributed by atoms with Crippen LogP contribution in [0.25, 0.3) is 0 Å². The Hall–Kier alpha value is -3.17. The maximum absolute atomic E-state index is 12.3. The highest BCUT2D eigenvalue weighted by Crippen LogP contribution is 2.14. The minimum atomic E-state index is -0.457. The van der Waals surface area contributed by atoms with Crippen LogP contribution >= 0.6 is 0 Å². The molecule has 0 unspecified atom stereocenters. The second-order valence-electron chi connectivity index (χ2n) is 6.40. The number of carbonyl (C=O) groups excluding carboxylic acids is 1. The molecule has 0 saturated carbocycles. The van der Waals surface area contributed by atoms with E-state index in [9.17, 15) is 19.7 Å². The first-order valence-corrected chi connectivity index (χ1v) is 8.96. The van der Waals surface area contributed by atoms with Crippen LogP contribution in [0.2, 0.25) is 0 Å². The van der Waals surface area contributed by atoms with Crippen molar-refractivity contribution < 1.29 is 9.72 Å². The molecule has 1 aromatic carbocycles. The van der Waals surface area contributed by atoms with Crippen molar-refractivity contribution >= 4 is 17.3 Å². The number of rotatable bonds is 7. The maximum Gasteiger partial charge on any atom is 0.346 e. The standard InChI is InChI=1S/C17H22N6O4/c24-16(12-22-17(25)21-11-3-1-2-4-15(21)20-22)19-10-9-18-13-5-7-14(8-6-13)23(26)27/h5-8,18H,1-4,9-12H2,(H,19,24). The first kappa shape index (κ1) is 18.6. The van der Waals surface area contributed by atoms with Gasteiger partial charge in [0.05, 0.1) is 4.92 Å². The van der Waals surface area contributed by atoms with E-state index >= 15 is 0 Å². The molecule has 0 bridgehead atoms. The van der Waals surface area contributed by atoms with E-state index in [0.717, 1.165) is 37.2 Å². The zero-order valence-electron chi connectivity index (χ0n) is 14.9. The predicted octanol–water partition coefficient (Wildman–Crippen LogP) is 0.908. The summed E-state index contributed by atoms with van der Waals surface area (Å²) < 4.78 is 2.89. The van der Waals surface area contributed by atoms with Crippen molar-refractivity contribution in [1.29, 1.82) is 0 Å². The van der Waals surface area contributed by atoms with Crippen LogP contribution in [0.3, 0.4) is 0 Å². The molecule has 10 heteroatoms. The molecule has 0 radical (unpaired) electrons. The summed E-state index contributed by atoms with van der Waals surface area (Å²) in [5.74, 6) is 0.473. The molecule has 144 valence electrons. The molecule has 10 nitrogen and oxygen atoms in total. The van der Waals surface area contributed by atoms with Crippen molar-refractivity contribution in [2.45, 2.75) is 38.8 Å². The molecule has 0 saturated heterocycles. The number of aromatic nitrogens is 3. The third kappa shape index (κ3) is 4.72. The Morgan fingerprint density at radius 3 is 2.70 bits per heavy atom. The highest BCUT2D eigenvalue weighted by molar-refractivity contribution is 5.75. The molecule has 0 atom stereocenters. The summed E-state index contributed by atoms with van der Waals surface area (Å²) in [6.07, 6.45) is 3.82. The number of anilines is 1. The number of hydrogen-bond acceptors (Lipinski definition) is 6. The number of aryl methyl sites for hydroxylation is 1. The van der Waals surface area contributed by atoms with Gasteiger partial charge in [-0.05, 0) is 25.0 Å². The second-order valence-corrected chi connectivity index (χ2v) is 6.40. The van der Waals surface area contributed by atoms with Crippen molar-refractivity contribution in [3.8, 4) is 0 Å². The number of carbonyl (C=O) groups is 1. The van der Waals surface area contributed by atoms with E-state index in [0.29, 0.717) is 19.6 Å². The summed E-state index contributed by atoms with van der Waals surface area (Å²) >= 11 is 0. The van der Waals surface area contributed by atoms with Gasteiger partial charge < -0.3 is 10.6 Å². The van der Waals surface area contributed by atoms with Gasteiger partial charge >= 0.3 is 5.69 Å². The number of nitro groups is 1. The molecular formula is C17H22N6O4. The van der Waals surface area contributed by atoms with Gasteiger partial charge in [0.1, 0.15) is 12.4 Å². The Balaban J connectivity index is 1.45. The molecule has 1 aromatic heterocycles. The van der Waals surface area contributed by atoms with E-state index in [4.69, 9.17) is 0 Å². The summed E-state index contributed by atoms with van der Waals surface area (Å²) in [5, 5.41) is 20.7. The summed E-state index contributed by atoms with van der Waals surface area (Å²) in [7, 11) is 0. The molecule has 0 fully saturated rings. The molecule has 1 aliphatic heterocycles. The van der Waals surface area contributed by atoms with Gasteiger partial charge in [-0.25, -0.2) is 9.48 Å². The molecule has 2 aromatic rings. The first-order chi connectivity index (χ1) is 13.0. The van der Waals surface area contributed by atoms with E-state index in [2.05, 4.69) is 15.7 Å². The highest BCUT2D eigenvalue weighted by Gasteiger charge is 2.17. The molecule has 1 amide bonds. The Morgan fingerprint density at radius 2 is 1.96 bits per heavy atom. The minimum Gasteiger partial charge on any atom is -0.383 e. The van der Waals surface area contributed by atoms with Crippen LogP contribution in [0.5, 0.6) is 0 Å². The van der Waals surface area contributed by atoms with E-state index in [1.54, 1.807) is 16.7 Å². The lowest BCUT2D eigenvalue weighted by atomic mass is 10.2. The molecule has 0 spiro atoms. The Kier molecular flexibility index (Phi) is 5.84. The lowest BCUT2D eigenvalue weighted by Gasteiger charge is -2.07. The molecule has 27 heavy (non-hydrogen) atoms. The van der Waals surface area contributed by atoms with Crippen LogP contribution in [0.4, 0.5) is 11.4 Å². The number of nitrogens with one attached hydrogen (secondary N) is 2.